The van der Waals surface area contributed by atoms with Crippen LogP contribution in [0.3, 0.4) is 0 Å². The van der Waals surface area contributed by atoms with E-state index in [1.165, 1.54) is 0 Å². The summed E-state index contributed by atoms with van der Waals surface area (Å²) in [6.45, 7) is 4.11. The number of ether oxygens (including phenoxy) is 3. The van der Waals surface area contributed by atoms with Crippen molar-refractivity contribution in [1.29, 1.82) is 0 Å². The van der Waals surface area contributed by atoms with E-state index in [0.29, 0.717) is 44.9 Å². The molecular weight excluding hydrogens is 546 g/mol. The molecule has 5 fully saturated rings. The van der Waals surface area contributed by atoms with Crippen LogP contribution in [0.15, 0.2) is 16.8 Å². The molecule has 2 heterocycles. The number of aliphatic hydroxyl groups is 4. The fourth-order valence-corrected chi connectivity index (χ4v) is 10.00. The van der Waals surface area contributed by atoms with Crippen LogP contribution in [-0.4, -0.2) is 87.2 Å². The van der Waals surface area contributed by atoms with Gasteiger partial charge in [-0.25, -0.2) is 15.0 Å². The number of nitrogens with two attached hydrogens (primary N) is 1. The minimum atomic E-state index is -1.23. The highest BCUT2D eigenvalue weighted by Gasteiger charge is 2.71. The first kappa shape index (κ1) is 30.0. The SMILES string of the molecule is C[C@@H]1O[C@H](O[C@H]2CC[C@]3(/C=N\NC(N)=O)[C@H]4CC[C@]5(C)[C@@H](C6=CC(=O)OC6)CC[C@]5(O)[C@@H]4CC[C@]3(O)C2)C[C@@H](O)[C@H]1O. The van der Waals surface area contributed by atoms with E-state index >= 15 is 0 Å². The van der Waals surface area contributed by atoms with Gasteiger partial charge < -0.3 is 40.4 Å². The summed E-state index contributed by atoms with van der Waals surface area (Å²) in [5, 5.41) is 49.5. The van der Waals surface area contributed by atoms with E-state index in [-0.39, 0.29) is 42.9 Å². The maximum Gasteiger partial charge on any atom is 0.332 e. The molecule has 4 aliphatic carbocycles. The molecule has 0 aromatic rings. The third kappa shape index (κ3) is 4.52. The van der Waals surface area contributed by atoms with Gasteiger partial charge in [0.2, 0.25) is 0 Å². The third-order valence-electron chi connectivity index (χ3n) is 12.1. The predicted octanol–water partition coefficient (Wildman–Crippen LogP) is 1.23. The van der Waals surface area contributed by atoms with Crippen molar-refractivity contribution in [2.45, 2.75) is 120 Å². The summed E-state index contributed by atoms with van der Waals surface area (Å²) in [6, 6.07) is -0.796. The van der Waals surface area contributed by atoms with Gasteiger partial charge in [-0.3, -0.25) is 0 Å². The number of carbonyl (C=O) groups excluding carboxylic acids is 2. The Kier molecular flexibility index (Phi) is 7.50. The number of cyclic esters (lactones) is 1. The second kappa shape index (κ2) is 10.5. The molecule has 12 heteroatoms. The number of esters is 1. The fraction of sp³-hybridized carbons (Fsp3) is 0.833. The second-order valence-electron chi connectivity index (χ2n) is 13.9. The Hall–Kier alpha value is -2.09. The van der Waals surface area contributed by atoms with Crippen LogP contribution in [0.5, 0.6) is 0 Å². The van der Waals surface area contributed by atoms with Crippen LogP contribution in [0.25, 0.3) is 0 Å². The van der Waals surface area contributed by atoms with Crippen LogP contribution < -0.4 is 11.2 Å². The van der Waals surface area contributed by atoms with Crippen LogP contribution in [-0.2, 0) is 19.0 Å². The van der Waals surface area contributed by atoms with Gasteiger partial charge in [0.25, 0.3) is 0 Å². The predicted molar refractivity (Wildman–Crippen MR) is 149 cm³/mol. The summed E-state index contributed by atoms with van der Waals surface area (Å²) in [5.41, 5.74) is 5.09. The molecule has 6 rings (SSSR count). The molecule has 7 N–H and O–H groups in total. The molecule has 1 saturated heterocycles. The van der Waals surface area contributed by atoms with E-state index in [9.17, 15) is 30.0 Å². The maximum atomic E-state index is 12.5. The Morgan fingerprint density at radius 2 is 1.90 bits per heavy atom. The number of hydrogen-bond donors (Lipinski definition) is 6. The molecule has 42 heavy (non-hydrogen) atoms. The number of rotatable bonds is 5. The molecule has 2 aliphatic heterocycles. The molecule has 0 spiro atoms. The number of nitrogens with one attached hydrogen (secondary N) is 1. The number of aliphatic hydroxyl groups excluding tert-OH is 2. The van der Waals surface area contributed by atoms with Crippen molar-refractivity contribution in [2.24, 2.45) is 39.4 Å². The number of carbonyl (C=O) groups is 2. The van der Waals surface area contributed by atoms with Crippen LogP contribution in [0, 0.1) is 28.6 Å². The number of hydrazone groups is 1. The maximum absolute atomic E-state index is 12.5. The lowest BCUT2D eigenvalue weighted by Crippen LogP contribution is -2.69. The Balaban J connectivity index is 1.27. The van der Waals surface area contributed by atoms with Gasteiger partial charge in [0.15, 0.2) is 6.29 Å². The van der Waals surface area contributed by atoms with Crippen LogP contribution in [0.4, 0.5) is 4.79 Å². The zero-order valence-corrected chi connectivity index (χ0v) is 24.4. The molecular formula is C30H45N3O9. The third-order valence-corrected chi connectivity index (χ3v) is 12.1. The number of nitrogens with zero attached hydrogens (tertiary/aromatic N) is 1. The minimum Gasteiger partial charge on any atom is -0.458 e. The lowest BCUT2D eigenvalue weighted by Gasteiger charge is -2.66. The first-order valence-electron chi connectivity index (χ1n) is 15.4. The molecule has 0 bridgehead atoms. The van der Waals surface area contributed by atoms with Gasteiger partial charge in [0.05, 0.1) is 29.5 Å². The Morgan fingerprint density at radius 1 is 1.14 bits per heavy atom. The summed E-state index contributed by atoms with van der Waals surface area (Å²) >= 11 is 0. The molecule has 0 aromatic carbocycles. The van der Waals surface area contributed by atoms with E-state index in [0.717, 1.165) is 18.4 Å². The normalized spacial score (nSPS) is 50.4. The van der Waals surface area contributed by atoms with Gasteiger partial charge in [0.1, 0.15) is 12.7 Å². The van der Waals surface area contributed by atoms with Gasteiger partial charge >= 0.3 is 12.0 Å². The van der Waals surface area contributed by atoms with Gasteiger partial charge in [-0.2, -0.15) is 5.10 Å². The van der Waals surface area contributed by atoms with E-state index in [1.54, 1.807) is 19.2 Å². The number of fused-ring (bicyclic) bond motifs is 5. The standard InChI is InChI=1S/C30H45N3O9/c1-16-25(36)22(34)12-24(41-16)42-18-3-8-28(15-32-33-26(31)37)20-4-7-27(2)19(17-11-23(35)40-14-17)6-10-30(27,39)21(20)5-9-29(28,38)13-18/h11,15-16,18-22,24-25,34,36,38-39H,3-10,12-14H2,1-2H3,(H3,31,33,37)/b32-15-/t16-,18-,19+,20-,21+,22+,24+,25-,27+,28-,29-,30-/m0/s1. The molecule has 0 aromatic heterocycles. The Labute approximate surface area is 245 Å². The molecule has 12 atom stereocenters. The largest absolute Gasteiger partial charge is 0.458 e. The second-order valence-corrected chi connectivity index (χ2v) is 13.9. The highest BCUT2D eigenvalue weighted by atomic mass is 16.7. The van der Waals surface area contributed by atoms with Crippen molar-refractivity contribution in [3.8, 4) is 0 Å². The van der Waals surface area contributed by atoms with E-state index < -0.39 is 52.7 Å². The molecule has 2 amide bonds. The van der Waals surface area contributed by atoms with E-state index in [2.05, 4.69) is 17.5 Å². The summed E-state index contributed by atoms with van der Waals surface area (Å²) in [4.78, 5) is 23.4. The van der Waals surface area contributed by atoms with Crippen molar-refractivity contribution in [3.63, 3.8) is 0 Å². The highest BCUT2D eigenvalue weighted by molar-refractivity contribution is 5.85. The molecule has 0 radical (unpaired) electrons. The van der Waals surface area contributed by atoms with Gasteiger partial charge in [-0.15, -0.1) is 0 Å². The van der Waals surface area contributed by atoms with Gasteiger partial charge in [-0.05, 0) is 81.6 Å². The fourth-order valence-electron chi connectivity index (χ4n) is 10.00. The molecule has 12 nitrogen and oxygen atoms in total. The monoisotopic (exact) mass is 591 g/mol. The summed E-state index contributed by atoms with van der Waals surface area (Å²) in [6.07, 6.45) is 5.06. The Bertz CT molecular complexity index is 1150. The first-order valence-corrected chi connectivity index (χ1v) is 15.4. The molecule has 4 saturated carbocycles. The number of hydrogen-bond acceptors (Lipinski definition) is 10. The van der Waals surface area contributed by atoms with Crippen LogP contribution in [0.1, 0.15) is 78.1 Å². The van der Waals surface area contributed by atoms with Crippen molar-refractivity contribution >= 4 is 18.2 Å². The first-order chi connectivity index (χ1) is 19.8. The van der Waals surface area contributed by atoms with Crippen LogP contribution in [0.2, 0.25) is 0 Å². The van der Waals surface area contributed by atoms with Gasteiger partial charge in [-0.1, -0.05) is 6.92 Å². The lowest BCUT2D eigenvalue weighted by atomic mass is 9.41. The average Bonchev–Trinajstić information content (AvgIpc) is 3.46. The quantitative estimate of drug-likeness (QED) is 0.118. The number of primary amides is 1. The van der Waals surface area contributed by atoms with E-state index in [4.69, 9.17) is 19.9 Å². The minimum absolute atomic E-state index is 0.0488. The topological polar surface area (TPSA) is 193 Å². The zero-order chi connectivity index (χ0) is 30.1. The van der Waals surface area contributed by atoms with E-state index in [1.807, 2.05) is 0 Å². The summed E-state index contributed by atoms with van der Waals surface area (Å²) < 4.78 is 17.3. The number of urea groups is 1. The molecule has 0 unspecified atom stereocenters. The zero-order valence-electron chi connectivity index (χ0n) is 24.4. The smallest absolute Gasteiger partial charge is 0.332 e. The highest BCUT2D eigenvalue weighted by Crippen LogP contribution is 2.70. The number of amides is 2. The van der Waals surface area contributed by atoms with Crippen molar-refractivity contribution in [3.05, 3.63) is 11.6 Å². The molecule has 6 aliphatic rings. The van der Waals surface area contributed by atoms with Gasteiger partial charge in [0, 0.05) is 36.0 Å². The van der Waals surface area contributed by atoms with Crippen molar-refractivity contribution in [1.82, 2.24) is 5.43 Å². The van der Waals surface area contributed by atoms with Crippen molar-refractivity contribution in [2.75, 3.05) is 6.61 Å². The summed E-state index contributed by atoms with van der Waals surface area (Å²) in [5.74, 6) is -0.495. The van der Waals surface area contributed by atoms with Crippen molar-refractivity contribution < 1.29 is 44.2 Å². The van der Waals surface area contributed by atoms with Crippen LogP contribution >= 0.6 is 0 Å². The lowest BCUT2D eigenvalue weighted by molar-refractivity contribution is -0.282. The average molecular weight is 592 g/mol. The Morgan fingerprint density at radius 3 is 2.60 bits per heavy atom. The molecule has 234 valence electrons. The summed E-state index contributed by atoms with van der Waals surface area (Å²) in [7, 11) is 0.